The molecule has 1 fully saturated rings. The lowest BCUT2D eigenvalue weighted by Crippen LogP contribution is -2.43. The van der Waals surface area contributed by atoms with Gasteiger partial charge in [0.1, 0.15) is 11.3 Å². The van der Waals surface area contributed by atoms with Crippen molar-refractivity contribution in [3.8, 4) is 0 Å². The molecule has 1 aromatic heterocycles. The molecular formula is C28H31FN6O. The fourth-order valence-electron chi connectivity index (χ4n) is 4.70. The Morgan fingerprint density at radius 2 is 1.72 bits per heavy atom. The Morgan fingerprint density at radius 1 is 0.972 bits per heavy atom. The van der Waals surface area contributed by atoms with Gasteiger partial charge in [-0.3, -0.25) is 4.79 Å². The molecule has 5 rings (SSSR count). The minimum atomic E-state index is -0.310. The van der Waals surface area contributed by atoms with Gasteiger partial charge in [-0.15, -0.1) is 5.10 Å². The maximum atomic E-state index is 13.8. The molecular weight excluding hydrogens is 455 g/mol. The Bertz CT molecular complexity index is 1300. The van der Waals surface area contributed by atoms with Crippen LogP contribution < -0.4 is 15.5 Å². The molecule has 0 saturated carbocycles. The van der Waals surface area contributed by atoms with Gasteiger partial charge >= 0.3 is 0 Å². The first-order chi connectivity index (χ1) is 17.7. The summed E-state index contributed by atoms with van der Waals surface area (Å²) in [4.78, 5) is 14.8. The van der Waals surface area contributed by atoms with Crippen LogP contribution in [0, 0.1) is 5.82 Å². The summed E-state index contributed by atoms with van der Waals surface area (Å²) in [6.45, 7) is 3.93. The number of para-hydroxylation sites is 1. The fourth-order valence-corrected chi connectivity index (χ4v) is 4.70. The summed E-state index contributed by atoms with van der Waals surface area (Å²) in [5.41, 5.74) is 4.20. The minimum Gasteiger partial charge on any atom is -0.371 e. The molecule has 1 aliphatic rings. The van der Waals surface area contributed by atoms with Crippen molar-refractivity contribution in [3.05, 3.63) is 89.7 Å². The Morgan fingerprint density at radius 3 is 2.53 bits per heavy atom. The quantitative estimate of drug-likeness (QED) is 0.348. The zero-order valence-corrected chi connectivity index (χ0v) is 20.2. The number of nitrogens with one attached hydrogen (secondary N) is 2. The first-order valence-electron chi connectivity index (χ1n) is 12.6. The molecule has 7 nitrogen and oxygen atoms in total. The van der Waals surface area contributed by atoms with Gasteiger partial charge in [0.2, 0.25) is 0 Å². The van der Waals surface area contributed by atoms with Crippen LogP contribution in [0.4, 0.5) is 10.1 Å². The van der Waals surface area contributed by atoms with E-state index in [1.165, 1.54) is 6.07 Å². The van der Waals surface area contributed by atoms with Crippen LogP contribution in [0.15, 0.2) is 72.8 Å². The lowest BCUT2D eigenvalue weighted by atomic mass is 10.0. The number of aryl methyl sites for hydroxylation is 1. The molecule has 186 valence electrons. The van der Waals surface area contributed by atoms with Crippen LogP contribution in [0.3, 0.4) is 0 Å². The van der Waals surface area contributed by atoms with Crippen LogP contribution in [-0.2, 0) is 13.1 Å². The number of halogens is 1. The summed E-state index contributed by atoms with van der Waals surface area (Å²) in [7, 11) is 0. The molecule has 0 radical (unpaired) electrons. The standard InChI is InChI=1S/C28H31FN6O/c29-25-7-2-1-6-22(25)20-31-28(36)21-10-12-24(13-11-21)34-18-14-23(15-19-34)30-16-5-17-35-27-9-4-3-8-26(27)32-33-35/h1-4,6-13,23,30H,5,14-20H2,(H,31,36). The van der Waals surface area contributed by atoms with Crippen molar-refractivity contribution in [2.24, 2.45) is 0 Å². The third-order valence-electron chi connectivity index (χ3n) is 6.79. The molecule has 1 saturated heterocycles. The van der Waals surface area contributed by atoms with Crippen molar-refractivity contribution in [3.63, 3.8) is 0 Å². The van der Waals surface area contributed by atoms with E-state index in [1.807, 2.05) is 47.1 Å². The zero-order chi connectivity index (χ0) is 24.7. The maximum absolute atomic E-state index is 13.8. The van der Waals surface area contributed by atoms with E-state index >= 15 is 0 Å². The van der Waals surface area contributed by atoms with Gasteiger partial charge in [0, 0.05) is 49.0 Å². The van der Waals surface area contributed by atoms with Crippen LogP contribution in [-0.4, -0.2) is 46.6 Å². The summed E-state index contributed by atoms with van der Waals surface area (Å²) in [6, 6.07) is 22.7. The predicted octanol–water partition coefficient (Wildman–Crippen LogP) is 4.15. The topological polar surface area (TPSA) is 75.1 Å². The first-order valence-corrected chi connectivity index (χ1v) is 12.6. The van der Waals surface area contributed by atoms with E-state index in [2.05, 4.69) is 31.9 Å². The molecule has 4 aromatic rings. The fraction of sp³-hybridized carbons (Fsp3) is 0.321. The average Bonchev–Trinajstić information content (AvgIpc) is 3.34. The molecule has 3 aromatic carbocycles. The highest BCUT2D eigenvalue weighted by Gasteiger charge is 2.19. The molecule has 1 amide bonds. The zero-order valence-electron chi connectivity index (χ0n) is 20.2. The smallest absolute Gasteiger partial charge is 0.251 e. The van der Waals surface area contributed by atoms with Crippen LogP contribution in [0.1, 0.15) is 35.2 Å². The Labute approximate surface area is 210 Å². The highest BCUT2D eigenvalue weighted by Crippen LogP contribution is 2.21. The second-order valence-corrected chi connectivity index (χ2v) is 9.19. The molecule has 1 aliphatic heterocycles. The number of carbonyl (C=O) groups excluding carboxylic acids is 1. The average molecular weight is 487 g/mol. The maximum Gasteiger partial charge on any atom is 0.251 e. The van der Waals surface area contributed by atoms with E-state index in [1.54, 1.807) is 18.2 Å². The lowest BCUT2D eigenvalue weighted by Gasteiger charge is -2.34. The molecule has 0 bridgehead atoms. The van der Waals surface area contributed by atoms with Gasteiger partial charge in [-0.25, -0.2) is 9.07 Å². The second kappa shape index (κ2) is 11.3. The van der Waals surface area contributed by atoms with Crippen molar-refractivity contribution in [2.75, 3.05) is 24.5 Å². The lowest BCUT2D eigenvalue weighted by molar-refractivity contribution is 0.0950. The SMILES string of the molecule is O=C(NCc1ccccc1F)c1ccc(N2CCC(NCCCn3nnc4ccccc43)CC2)cc1. The van der Waals surface area contributed by atoms with Gasteiger partial charge in [-0.2, -0.15) is 0 Å². The van der Waals surface area contributed by atoms with Crippen molar-refractivity contribution < 1.29 is 9.18 Å². The van der Waals surface area contributed by atoms with Gasteiger partial charge in [0.25, 0.3) is 5.91 Å². The normalized spacial score (nSPS) is 14.3. The van der Waals surface area contributed by atoms with E-state index in [0.717, 1.165) is 62.2 Å². The molecule has 36 heavy (non-hydrogen) atoms. The molecule has 0 aliphatic carbocycles. The first kappa shape index (κ1) is 23.9. The Hall–Kier alpha value is -3.78. The number of nitrogens with zero attached hydrogens (tertiary/aromatic N) is 4. The number of anilines is 1. The van der Waals surface area contributed by atoms with E-state index in [-0.39, 0.29) is 18.3 Å². The minimum absolute atomic E-state index is 0.170. The Balaban J connectivity index is 1.03. The van der Waals surface area contributed by atoms with Crippen LogP contribution in [0.25, 0.3) is 11.0 Å². The van der Waals surface area contributed by atoms with Gasteiger partial charge in [0.15, 0.2) is 0 Å². The number of benzene rings is 3. The number of piperidine rings is 1. The summed E-state index contributed by atoms with van der Waals surface area (Å²) in [6.07, 6.45) is 3.17. The van der Waals surface area contributed by atoms with Crippen molar-refractivity contribution in [1.29, 1.82) is 0 Å². The third-order valence-corrected chi connectivity index (χ3v) is 6.79. The predicted molar refractivity (Wildman–Crippen MR) is 139 cm³/mol. The largest absolute Gasteiger partial charge is 0.371 e. The Kier molecular flexibility index (Phi) is 7.52. The van der Waals surface area contributed by atoms with Crippen LogP contribution in [0.5, 0.6) is 0 Å². The van der Waals surface area contributed by atoms with Gasteiger partial charge in [0.05, 0.1) is 5.52 Å². The highest BCUT2D eigenvalue weighted by atomic mass is 19.1. The number of fused-ring (bicyclic) bond motifs is 1. The van der Waals surface area contributed by atoms with Gasteiger partial charge in [-0.1, -0.05) is 35.5 Å². The van der Waals surface area contributed by atoms with Crippen LogP contribution >= 0.6 is 0 Å². The summed E-state index contributed by atoms with van der Waals surface area (Å²) in [5.74, 6) is -0.513. The molecule has 2 heterocycles. The van der Waals surface area contributed by atoms with Crippen molar-refractivity contribution in [2.45, 2.75) is 38.4 Å². The van der Waals surface area contributed by atoms with Crippen LogP contribution in [0.2, 0.25) is 0 Å². The van der Waals surface area contributed by atoms with E-state index < -0.39 is 0 Å². The number of carbonyl (C=O) groups is 1. The number of aromatic nitrogens is 3. The van der Waals surface area contributed by atoms with Crippen molar-refractivity contribution >= 4 is 22.6 Å². The molecule has 0 atom stereocenters. The van der Waals surface area contributed by atoms with Gasteiger partial charge in [-0.05, 0) is 68.3 Å². The van der Waals surface area contributed by atoms with Crippen molar-refractivity contribution in [1.82, 2.24) is 25.6 Å². The number of hydrogen-bond acceptors (Lipinski definition) is 5. The monoisotopic (exact) mass is 486 g/mol. The third kappa shape index (κ3) is 5.71. The number of amides is 1. The van der Waals surface area contributed by atoms with E-state index in [9.17, 15) is 9.18 Å². The summed E-state index contributed by atoms with van der Waals surface area (Å²) < 4.78 is 15.7. The second-order valence-electron chi connectivity index (χ2n) is 9.19. The molecule has 0 unspecified atom stereocenters. The van der Waals surface area contributed by atoms with E-state index in [0.29, 0.717) is 17.2 Å². The summed E-state index contributed by atoms with van der Waals surface area (Å²) in [5, 5.41) is 15.0. The number of rotatable bonds is 9. The van der Waals surface area contributed by atoms with Gasteiger partial charge < -0.3 is 15.5 Å². The highest BCUT2D eigenvalue weighted by molar-refractivity contribution is 5.94. The van der Waals surface area contributed by atoms with E-state index in [4.69, 9.17) is 0 Å². The summed E-state index contributed by atoms with van der Waals surface area (Å²) >= 11 is 0. The molecule has 8 heteroatoms. The number of hydrogen-bond donors (Lipinski definition) is 2. The molecule has 0 spiro atoms. The molecule has 2 N–H and O–H groups in total.